The van der Waals surface area contributed by atoms with Crippen molar-refractivity contribution in [2.24, 2.45) is 5.14 Å². The van der Waals surface area contributed by atoms with Crippen LogP contribution in [0.2, 0.25) is 0 Å². The number of rotatable bonds is 13. The number of benzene rings is 2. The van der Waals surface area contributed by atoms with Gasteiger partial charge in [0.2, 0.25) is 20.0 Å². The molecule has 2 N–H and O–H groups in total. The number of hydrogen-bond donors (Lipinski definition) is 1. The number of nitrogens with two attached hydrogens (primary N) is 1. The fourth-order valence-corrected chi connectivity index (χ4v) is 7.23. The second-order valence-corrected chi connectivity index (χ2v) is 16.0. The van der Waals surface area contributed by atoms with Crippen molar-refractivity contribution >= 4 is 32.1 Å². The molecule has 0 aromatic heterocycles. The molecule has 0 unspecified atom stereocenters. The molecule has 4 amide bonds. The number of methoxy groups -OCH3 is 2. The predicted octanol–water partition coefficient (Wildman–Crippen LogP) is 2.60. The van der Waals surface area contributed by atoms with E-state index in [1.54, 1.807) is 47.9 Å². The Morgan fingerprint density at radius 1 is 0.708 bits per heavy atom. The molecular weight excluding hydrogens is 661 g/mol. The predicted molar refractivity (Wildman–Crippen MR) is 185 cm³/mol. The normalized spacial score (nSPS) is 18.9. The number of amides is 4. The maximum Gasteiger partial charge on any atom is 0.320 e. The molecule has 48 heavy (non-hydrogen) atoms. The van der Waals surface area contributed by atoms with Gasteiger partial charge >= 0.3 is 12.1 Å². The summed E-state index contributed by atoms with van der Waals surface area (Å²) in [6.45, 7) is 6.05. The molecule has 2 atom stereocenters. The van der Waals surface area contributed by atoms with Gasteiger partial charge in [-0.3, -0.25) is 0 Å². The van der Waals surface area contributed by atoms with Crippen molar-refractivity contribution in [2.75, 3.05) is 66.0 Å². The zero-order valence-electron chi connectivity index (χ0n) is 28.7. The molecule has 2 aromatic rings. The number of sulfonamides is 2. The Morgan fingerprint density at radius 3 is 1.44 bits per heavy atom. The van der Waals surface area contributed by atoms with Crippen LogP contribution in [-0.2, 0) is 33.1 Å². The standard InChI is InChI=1S/C24H33N3O5S.C8H17N3O3S/c1-19-13-14-25(2)24(28)27(19)15-16-33(29,30)26(17-20-5-9-22(31-3)10-6-20)18-21-7-11-23(32-4)12-8-21;1-7-3-4-10(2)8(12)11(7)5-6-15(9,13)14/h5-12,19H,13-18H2,1-4H3;7H,3-6H2,1-2H3,(H2,9,13,14)/t19-;7-/m11/s1. The van der Waals surface area contributed by atoms with E-state index in [-0.39, 0.29) is 61.8 Å². The van der Waals surface area contributed by atoms with E-state index in [9.17, 15) is 26.4 Å². The van der Waals surface area contributed by atoms with Gasteiger partial charge in [0.05, 0.1) is 25.7 Å². The van der Waals surface area contributed by atoms with Crippen LogP contribution in [0.1, 0.15) is 37.8 Å². The largest absolute Gasteiger partial charge is 0.497 e. The van der Waals surface area contributed by atoms with Crippen molar-refractivity contribution in [1.82, 2.24) is 23.9 Å². The molecule has 2 aromatic carbocycles. The monoisotopic (exact) mass is 710 g/mol. The van der Waals surface area contributed by atoms with Crippen LogP contribution in [-0.4, -0.2) is 131 Å². The minimum atomic E-state index is -3.66. The molecule has 0 saturated carbocycles. The summed E-state index contributed by atoms with van der Waals surface area (Å²) in [6, 6.07) is 14.6. The van der Waals surface area contributed by atoms with E-state index in [1.807, 2.05) is 62.4 Å². The Bertz CT molecular complexity index is 1520. The average Bonchev–Trinajstić information content (AvgIpc) is 3.05. The number of hydrogen-bond acceptors (Lipinski definition) is 8. The third kappa shape index (κ3) is 11.2. The SMILES string of the molecule is COc1ccc(CN(Cc2ccc(OC)cc2)S(=O)(=O)CCN2C(=O)N(C)CC[C@H]2C)cc1.C[C@@H]1CCN(C)C(=O)N1CCS(N)(=O)=O. The molecule has 2 aliphatic heterocycles. The minimum absolute atomic E-state index is 0.0144. The smallest absolute Gasteiger partial charge is 0.320 e. The van der Waals surface area contributed by atoms with E-state index in [1.165, 1.54) is 4.31 Å². The van der Waals surface area contributed by atoms with Gasteiger partial charge in [-0.25, -0.2) is 31.6 Å². The van der Waals surface area contributed by atoms with Gasteiger partial charge in [-0.15, -0.1) is 0 Å². The highest BCUT2D eigenvalue weighted by Crippen LogP contribution is 2.21. The highest BCUT2D eigenvalue weighted by molar-refractivity contribution is 7.89. The number of carbonyl (C=O) groups is 2. The first kappa shape index (κ1) is 38.8. The zero-order chi connectivity index (χ0) is 35.6. The fourth-order valence-electron chi connectivity index (χ4n) is 5.40. The van der Waals surface area contributed by atoms with E-state index in [0.29, 0.717) is 24.6 Å². The van der Waals surface area contributed by atoms with Crippen molar-refractivity contribution in [1.29, 1.82) is 0 Å². The van der Waals surface area contributed by atoms with Crippen LogP contribution >= 0.6 is 0 Å². The lowest BCUT2D eigenvalue weighted by atomic mass is 10.1. The maximum absolute atomic E-state index is 13.4. The zero-order valence-corrected chi connectivity index (χ0v) is 30.4. The summed E-state index contributed by atoms with van der Waals surface area (Å²) in [5.41, 5.74) is 1.71. The molecule has 0 spiro atoms. The molecule has 14 nitrogen and oxygen atoms in total. The summed E-state index contributed by atoms with van der Waals surface area (Å²) in [5.74, 6) is 1.11. The van der Waals surface area contributed by atoms with Gasteiger partial charge in [-0.2, -0.15) is 4.31 Å². The topological polar surface area (TPSA) is 163 Å². The van der Waals surface area contributed by atoms with Crippen LogP contribution in [0, 0.1) is 0 Å². The molecule has 16 heteroatoms. The average molecular weight is 711 g/mol. The summed E-state index contributed by atoms with van der Waals surface area (Å²) in [7, 11) is -0.518. The van der Waals surface area contributed by atoms with Gasteiger partial charge in [0.15, 0.2) is 0 Å². The van der Waals surface area contributed by atoms with E-state index < -0.39 is 20.0 Å². The van der Waals surface area contributed by atoms with Crippen molar-refractivity contribution in [3.63, 3.8) is 0 Å². The molecule has 0 aliphatic carbocycles. The Balaban J connectivity index is 0.000000348. The van der Waals surface area contributed by atoms with Crippen molar-refractivity contribution in [3.05, 3.63) is 59.7 Å². The molecule has 268 valence electrons. The molecule has 2 heterocycles. The Morgan fingerprint density at radius 2 is 1.08 bits per heavy atom. The number of primary sulfonamides is 1. The van der Waals surface area contributed by atoms with Crippen LogP contribution < -0.4 is 14.6 Å². The van der Waals surface area contributed by atoms with Crippen LogP contribution in [0.15, 0.2) is 48.5 Å². The second-order valence-electron chi connectivity index (χ2n) is 12.2. The summed E-state index contributed by atoms with van der Waals surface area (Å²) in [5, 5.41) is 4.90. The van der Waals surface area contributed by atoms with Gasteiger partial charge in [0, 0.05) is 65.4 Å². The molecule has 2 aliphatic rings. The molecular formula is C32H50N6O8S2. The first-order valence-corrected chi connectivity index (χ1v) is 19.1. The van der Waals surface area contributed by atoms with E-state index >= 15 is 0 Å². The first-order chi connectivity index (χ1) is 22.5. The van der Waals surface area contributed by atoms with Gasteiger partial charge in [-0.05, 0) is 62.1 Å². The second kappa shape index (κ2) is 17.2. The van der Waals surface area contributed by atoms with Gasteiger partial charge < -0.3 is 29.1 Å². The third-order valence-corrected chi connectivity index (χ3v) is 11.1. The highest BCUT2D eigenvalue weighted by atomic mass is 32.2. The first-order valence-electron chi connectivity index (χ1n) is 15.8. The van der Waals surface area contributed by atoms with Crippen molar-refractivity contribution < 1.29 is 35.9 Å². The summed E-state index contributed by atoms with van der Waals surface area (Å²) in [6.07, 6.45) is 1.68. The summed E-state index contributed by atoms with van der Waals surface area (Å²) >= 11 is 0. The number of nitrogens with zero attached hydrogens (tertiary/aromatic N) is 5. The molecule has 0 bridgehead atoms. The minimum Gasteiger partial charge on any atom is -0.497 e. The summed E-state index contributed by atoms with van der Waals surface area (Å²) < 4.78 is 60.4. The Kier molecular flexibility index (Phi) is 13.9. The maximum atomic E-state index is 13.4. The van der Waals surface area contributed by atoms with Crippen molar-refractivity contribution in [3.8, 4) is 11.5 Å². The number of carbonyl (C=O) groups excluding carboxylic acids is 2. The van der Waals surface area contributed by atoms with Crippen LogP contribution in [0.4, 0.5) is 9.59 Å². The molecule has 0 radical (unpaired) electrons. The number of ether oxygens (including phenoxy) is 2. The van der Waals surface area contributed by atoms with Crippen molar-refractivity contribution in [2.45, 2.75) is 51.9 Å². The van der Waals surface area contributed by atoms with Gasteiger partial charge in [0.1, 0.15) is 11.5 Å². The van der Waals surface area contributed by atoms with Crippen LogP contribution in [0.3, 0.4) is 0 Å². The Hall–Kier alpha value is -3.60. The van der Waals surface area contributed by atoms with E-state index in [4.69, 9.17) is 14.6 Å². The lowest BCUT2D eigenvalue weighted by Gasteiger charge is -2.38. The number of urea groups is 2. The Labute approximate surface area is 285 Å². The fraction of sp³-hybridized carbons (Fsp3) is 0.562. The molecule has 2 fully saturated rings. The van der Waals surface area contributed by atoms with E-state index in [0.717, 1.165) is 24.0 Å². The van der Waals surface area contributed by atoms with Gasteiger partial charge in [0.25, 0.3) is 0 Å². The van der Waals surface area contributed by atoms with Crippen LogP contribution in [0.25, 0.3) is 0 Å². The molecule has 4 rings (SSSR count). The van der Waals surface area contributed by atoms with Gasteiger partial charge in [-0.1, -0.05) is 24.3 Å². The highest BCUT2D eigenvalue weighted by Gasteiger charge is 2.32. The lowest BCUT2D eigenvalue weighted by molar-refractivity contribution is 0.118. The molecule has 2 saturated heterocycles. The van der Waals surface area contributed by atoms with E-state index in [2.05, 4.69) is 0 Å². The van der Waals surface area contributed by atoms with Crippen LogP contribution in [0.5, 0.6) is 11.5 Å². The quantitative estimate of drug-likeness (QED) is 0.332. The lowest BCUT2D eigenvalue weighted by Crippen LogP contribution is -2.53. The summed E-state index contributed by atoms with van der Waals surface area (Å²) in [4.78, 5) is 30.6. The third-order valence-electron chi connectivity index (χ3n) is 8.61.